The molecule has 0 radical (unpaired) electrons. The first-order valence-electron chi connectivity index (χ1n) is 11.3. The third-order valence-electron chi connectivity index (χ3n) is 5.52. The van der Waals surface area contributed by atoms with E-state index >= 15 is 0 Å². The van der Waals surface area contributed by atoms with E-state index in [4.69, 9.17) is 5.26 Å². The normalized spacial score (nSPS) is 11.6. The molecular formula is C26H34N6O3. The van der Waals surface area contributed by atoms with E-state index in [-0.39, 0.29) is 12.5 Å². The van der Waals surface area contributed by atoms with Crippen LogP contribution >= 0.6 is 0 Å². The van der Waals surface area contributed by atoms with Gasteiger partial charge in [-0.3, -0.25) is 10.1 Å². The molecular weight excluding hydrogens is 444 g/mol. The predicted molar refractivity (Wildman–Crippen MR) is 140 cm³/mol. The maximum atomic E-state index is 12.9. The van der Waals surface area contributed by atoms with Crippen LogP contribution in [-0.4, -0.2) is 42.6 Å². The number of nitrogens with zero attached hydrogens (tertiary/aromatic N) is 3. The fourth-order valence-electron chi connectivity index (χ4n) is 2.97. The number of amides is 3. The summed E-state index contributed by atoms with van der Waals surface area (Å²) in [5.41, 5.74) is 1.34. The second-order valence-electron chi connectivity index (χ2n) is 9.51. The minimum absolute atomic E-state index is 0.0213. The molecule has 2 rings (SSSR count). The zero-order valence-corrected chi connectivity index (χ0v) is 21.1. The van der Waals surface area contributed by atoms with Crippen LogP contribution in [0.1, 0.15) is 46.6 Å². The van der Waals surface area contributed by atoms with E-state index < -0.39 is 17.0 Å². The first kappa shape index (κ1) is 27.3. The topological polar surface area (TPSA) is 130 Å². The van der Waals surface area contributed by atoms with Gasteiger partial charge in [-0.25, -0.2) is 9.79 Å². The van der Waals surface area contributed by atoms with Gasteiger partial charge in [0.2, 0.25) is 5.91 Å². The summed E-state index contributed by atoms with van der Waals surface area (Å²) in [6.45, 7) is 9.43. The summed E-state index contributed by atoms with van der Waals surface area (Å²) in [6.07, 6.45) is 1.95. The molecule has 9 heteroatoms. The Balaban J connectivity index is 2.22. The lowest BCUT2D eigenvalue weighted by Gasteiger charge is -2.29. The monoisotopic (exact) mass is 478 g/mol. The first-order valence-corrected chi connectivity index (χ1v) is 11.3. The number of nitrogens with one attached hydrogen (secondary N) is 3. The highest BCUT2D eigenvalue weighted by Gasteiger charge is 2.29. The molecule has 4 N–H and O–H groups in total. The van der Waals surface area contributed by atoms with Crippen molar-refractivity contribution in [3.8, 4) is 6.07 Å². The Labute approximate surface area is 206 Å². The molecule has 0 bridgehead atoms. The number of aliphatic imine (C=N–C) groups is 1. The molecule has 0 atom stereocenters. The van der Waals surface area contributed by atoms with Crippen LogP contribution in [0, 0.1) is 16.7 Å². The Morgan fingerprint density at radius 1 is 1.14 bits per heavy atom. The maximum Gasteiger partial charge on any atom is 0.324 e. The van der Waals surface area contributed by atoms with Crippen molar-refractivity contribution in [2.75, 3.05) is 29.1 Å². The lowest BCUT2D eigenvalue weighted by Crippen LogP contribution is -2.38. The van der Waals surface area contributed by atoms with Crippen molar-refractivity contribution in [3.05, 3.63) is 48.0 Å². The van der Waals surface area contributed by atoms with Gasteiger partial charge in [-0.15, -0.1) is 0 Å². The van der Waals surface area contributed by atoms with Crippen LogP contribution in [0.4, 0.5) is 27.5 Å². The van der Waals surface area contributed by atoms with Crippen molar-refractivity contribution in [2.24, 2.45) is 10.4 Å². The van der Waals surface area contributed by atoms with Gasteiger partial charge in [-0.05, 0) is 62.7 Å². The van der Waals surface area contributed by atoms with E-state index in [9.17, 15) is 14.7 Å². The minimum Gasteiger partial charge on any atom is -0.389 e. The molecule has 0 spiro atoms. The summed E-state index contributed by atoms with van der Waals surface area (Å²) < 4.78 is 0. The van der Waals surface area contributed by atoms with Gasteiger partial charge in [0.1, 0.15) is 0 Å². The van der Waals surface area contributed by atoms with Gasteiger partial charge in [-0.2, -0.15) is 5.26 Å². The average Bonchev–Trinajstić information content (AvgIpc) is 2.82. The van der Waals surface area contributed by atoms with Gasteiger partial charge < -0.3 is 20.6 Å². The van der Waals surface area contributed by atoms with Crippen molar-refractivity contribution >= 4 is 41.0 Å². The highest BCUT2D eigenvalue weighted by atomic mass is 16.3. The standard InChI is InChI=1S/C26H34N6O3/c1-7-25(2,3)23(33)32(6)20-12-13-21(28-16-26(4,5)35)22(14-20)29-17-30-24(34)31-19-10-8-18(15-27)9-11-19/h8-14,17,28,35H,7,16H2,1-6H3,(H2,29,30,31,34). The quantitative estimate of drug-likeness (QED) is 0.309. The van der Waals surface area contributed by atoms with Crippen molar-refractivity contribution in [2.45, 2.75) is 46.6 Å². The molecule has 0 saturated heterocycles. The van der Waals surface area contributed by atoms with E-state index in [2.05, 4.69) is 20.9 Å². The van der Waals surface area contributed by atoms with Crippen LogP contribution in [0.3, 0.4) is 0 Å². The highest BCUT2D eigenvalue weighted by Crippen LogP contribution is 2.32. The van der Waals surface area contributed by atoms with Crippen LogP contribution in [0.5, 0.6) is 0 Å². The Bertz CT molecular complexity index is 1110. The van der Waals surface area contributed by atoms with E-state index in [1.807, 2.05) is 26.8 Å². The molecule has 0 fully saturated rings. The summed E-state index contributed by atoms with van der Waals surface area (Å²) in [5.74, 6) is -0.0213. The minimum atomic E-state index is -0.948. The van der Waals surface area contributed by atoms with Gasteiger partial charge in [0.15, 0.2) is 0 Å². The molecule has 0 heterocycles. The number of aliphatic hydroxyl groups is 1. The molecule has 0 aliphatic rings. The summed E-state index contributed by atoms with van der Waals surface area (Å²) in [4.78, 5) is 31.1. The van der Waals surface area contributed by atoms with E-state index in [0.29, 0.717) is 34.7 Å². The van der Waals surface area contributed by atoms with Gasteiger partial charge in [0.05, 0.1) is 34.9 Å². The van der Waals surface area contributed by atoms with Gasteiger partial charge in [0, 0.05) is 30.4 Å². The Hall–Kier alpha value is -3.90. The van der Waals surface area contributed by atoms with Crippen LogP contribution in [0.15, 0.2) is 47.5 Å². The second kappa shape index (κ2) is 11.5. The van der Waals surface area contributed by atoms with Crippen molar-refractivity contribution in [1.82, 2.24) is 5.32 Å². The fraction of sp³-hybridized carbons (Fsp3) is 0.385. The van der Waals surface area contributed by atoms with Crippen LogP contribution < -0.4 is 20.9 Å². The zero-order valence-electron chi connectivity index (χ0n) is 21.1. The molecule has 0 aliphatic heterocycles. The number of nitriles is 1. The summed E-state index contributed by atoms with van der Waals surface area (Å²) >= 11 is 0. The first-order chi connectivity index (χ1) is 16.4. The molecule has 35 heavy (non-hydrogen) atoms. The van der Waals surface area contributed by atoms with Gasteiger partial charge in [-0.1, -0.05) is 20.8 Å². The lowest BCUT2D eigenvalue weighted by molar-refractivity contribution is -0.126. The molecule has 2 aromatic carbocycles. The molecule has 2 aromatic rings. The van der Waals surface area contributed by atoms with Crippen LogP contribution in [0.25, 0.3) is 0 Å². The molecule has 186 valence electrons. The van der Waals surface area contributed by atoms with Gasteiger partial charge >= 0.3 is 6.03 Å². The molecule has 0 unspecified atom stereocenters. The number of hydrogen-bond acceptors (Lipinski definition) is 6. The molecule has 0 aromatic heterocycles. The van der Waals surface area contributed by atoms with Crippen LogP contribution in [-0.2, 0) is 4.79 Å². The van der Waals surface area contributed by atoms with Crippen molar-refractivity contribution < 1.29 is 14.7 Å². The number of carbonyl (C=O) groups is 2. The largest absolute Gasteiger partial charge is 0.389 e. The average molecular weight is 479 g/mol. The summed E-state index contributed by atoms with van der Waals surface area (Å²) in [6, 6.07) is 13.3. The molecule has 0 aliphatic carbocycles. The third-order valence-corrected chi connectivity index (χ3v) is 5.52. The summed E-state index contributed by atoms with van der Waals surface area (Å²) in [7, 11) is 1.72. The maximum absolute atomic E-state index is 12.9. The fourth-order valence-corrected chi connectivity index (χ4v) is 2.97. The van der Waals surface area contributed by atoms with Gasteiger partial charge in [0.25, 0.3) is 0 Å². The molecule has 9 nitrogen and oxygen atoms in total. The second-order valence-corrected chi connectivity index (χ2v) is 9.51. The van der Waals surface area contributed by atoms with E-state index in [1.165, 1.54) is 6.34 Å². The smallest absolute Gasteiger partial charge is 0.324 e. The Morgan fingerprint density at radius 2 is 1.80 bits per heavy atom. The summed E-state index contributed by atoms with van der Waals surface area (Å²) in [5, 5.41) is 27.3. The Kier molecular flexibility index (Phi) is 8.98. The van der Waals surface area contributed by atoms with Crippen molar-refractivity contribution in [3.63, 3.8) is 0 Å². The third kappa shape index (κ3) is 8.12. The van der Waals surface area contributed by atoms with E-state index in [1.54, 1.807) is 68.3 Å². The zero-order chi connectivity index (χ0) is 26.2. The number of anilines is 3. The number of carbonyl (C=O) groups excluding carboxylic acids is 2. The molecule has 0 saturated carbocycles. The van der Waals surface area contributed by atoms with E-state index in [0.717, 1.165) is 0 Å². The van der Waals surface area contributed by atoms with Crippen LogP contribution in [0.2, 0.25) is 0 Å². The number of hydrogen-bond donors (Lipinski definition) is 4. The number of benzene rings is 2. The SMILES string of the molecule is CCC(C)(C)C(=O)N(C)c1ccc(NCC(C)(C)O)c(N=CNC(=O)Nc2ccc(C#N)cc2)c1. The predicted octanol–water partition coefficient (Wildman–Crippen LogP) is 4.62. The number of rotatable bonds is 9. The Morgan fingerprint density at radius 3 is 2.37 bits per heavy atom. The lowest BCUT2D eigenvalue weighted by atomic mass is 9.88. The molecule has 3 amide bonds. The van der Waals surface area contributed by atoms with Crippen molar-refractivity contribution in [1.29, 1.82) is 5.26 Å². The highest BCUT2D eigenvalue weighted by molar-refractivity contribution is 5.98. The number of urea groups is 1.